The van der Waals surface area contributed by atoms with Gasteiger partial charge in [-0.05, 0) is 36.6 Å². The molecule has 0 aromatic heterocycles. The fraction of sp³-hybridized carbons (Fsp3) is 0.444. The number of fused-ring (bicyclic) bond motifs is 1. The minimum Gasteiger partial charge on any atom is -0.508 e. The number of aromatic hydroxyl groups is 1. The van der Waals surface area contributed by atoms with Crippen molar-refractivity contribution < 1.29 is 9.84 Å². The van der Waals surface area contributed by atoms with E-state index in [2.05, 4.69) is 24.0 Å². The van der Waals surface area contributed by atoms with Crippen molar-refractivity contribution in [2.75, 3.05) is 19.7 Å². The van der Waals surface area contributed by atoms with Gasteiger partial charge in [0.1, 0.15) is 5.75 Å². The molecule has 0 spiro atoms. The first-order chi connectivity index (χ1) is 10.3. The Labute approximate surface area is 126 Å². The average Bonchev–Trinajstić information content (AvgIpc) is 2.52. The molecule has 2 aromatic rings. The molecule has 1 N–H and O–H groups in total. The summed E-state index contributed by atoms with van der Waals surface area (Å²) in [7, 11) is 0. The van der Waals surface area contributed by atoms with Gasteiger partial charge in [0.05, 0.1) is 6.10 Å². The second-order valence-electron chi connectivity index (χ2n) is 5.72. The Hall–Kier alpha value is -1.58. The van der Waals surface area contributed by atoms with E-state index in [9.17, 15) is 5.11 Å². The highest BCUT2D eigenvalue weighted by atomic mass is 16.5. The Balaban J connectivity index is 1.75. The SMILES string of the molecule is CCOC1CCN(Cc2c(O)ccc3ccccc23)CC1. The standard InChI is InChI=1S/C18H23NO2/c1-2-21-15-9-11-19(12-10-15)13-17-16-6-4-3-5-14(16)7-8-18(17)20/h3-8,15,20H,2,9-13H2,1H3. The first kappa shape index (κ1) is 14.4. The minimum absolute atomic E-state index is 0.403. The van der Waals surface area contributed by atoms with Gasteiger partial charge in [-0.15, -0.1) is 0 Å². The molecule has 2 aromatic carbocycles. The first-order valence-electron chi connectivity index (χ1n) is 7.81. The molecule has 3 nitrogen and oxygen atoms in total. The third-order valence-electron chi connectivity index (χ3n) is 4.33. The number of piperidine rings is 1. The molecule has 0 saturated carbocycles. The maximum atomic E-state index is 10.2. The van der Waals surface area contributed by atoms with Gasteiger partial charge in [-0.2, -0.15) is 0 Å². The van der Waals surface area contributed by atoms with Crippen LogP contribution in [0.4, 0.5) is 0 Å². The molecule has 112 valence electrons. The molecule has 1 saturated heterocycles. The third-order valence-corrected chi connectivity index (χ3v) is 4.33. The Morgan fingerprint density at radius 1 is 1.14 bits per heavy atom. The van der Waals surface area contributed by atoms with Crippen molar-refractivity contribution in [3.05, 3.63) is 42.0 Å². The zero-order valence-electron chi connectivity index (χ0n) is 12.6. The summed E-state index contributed by atoms with van der Waals surface area (Å²) < 4.78 is 5.70. The van der Waals surface area contributed by atoms with E-state index >= 15 is 0 Å². The van der Waals surface area contributed by atoms with Crippen molar-refractivity contribution in [2.24, 2.45) is 0 Å². The quantitative estimate of drug-likeness (QED) is 0.932. The highest BCUT2D eigenvalue weighted by Crippen LogP contribution is 2.29. The number of benzene rings is 2. The van der Waals surface area contributed by atoms with Crippen LogP contribution in [0.3, 0.4) is 0 Å². The number of hydrogen-bond donors (Lipinski definition) is 1. The van der Waals surface area contributed by atoms with Crippen LogP contribution >= 0.6 is 0 Å². The number of nitrogens with zero attached hydrogens (tertiary/aromatic N) is 1. The first-order valence-corrected chi connectivity index (χ1v) is 7.81. The summed E-state index contributed by atoms with van der Waals surface area (Å²) in [6, 6.07) is 12.1. The van der Waals surface area contributed by atoms with Gasteiger partial charge < -0.3 is 9.84 Å². The van der Waals surface area contributed by atoms with Crippen molar-refractivity contribution in [3.8, 4) is 5.75 Å². The Bertz CT molecular complexity index is 603. The lowest BCUT2D eigenvalue weighted by atomic mass is 10.0. The molecule has 0 amide bonds. The number of hydrogen-bond acceptors (Lipinski definition) is 3. The lowest BCUT2D eigenvalue weighted by molar-refractivity contribution is 0.0125. The van der Waals surface area contributed by atoms with E-state index in [0.717, 1.165) is 50.0 Å². The molecule has 1 fully saturated rings. The molecule has 3 rings (SSSR count). The van der Waals surface area contributed by atoms with Crippen LogP contribution in [0, 0.1) is 0 Å². The van der Waals surface area contributed by atoms with Crippen LogP contribution in [-0.2, 0) is 11.3 Å². The predicted molar refractivity (Wildman–Crippen MR) is 85.5 cm³/mol. The molecular weight excluding hydrogens is 262 g/mol. The van der Waals surface area contributed by atoms with Crippen LogP contribution in [0.15, 0.2) is 36.4 Å². The van der Waals surface area contributed by atoms with Gasteiger partial charge in [-0.3, -0.25) is 4.90 Å². The van der Waals surface area contributed by atoms with Crippen molar-refractivity contribution >= 4 is 10.8 Å². The van der Waals surface area contributed by atoms with E-state index in [0.29, 0.717) is 11.9 Å². The fourth-order valence-corrected chi connectivity index (χ4v) is 3.18. The van der Waals surface area contributed by atoms with Gasteiger partial charge in [0, 0.05) is 31.8 Å². The van der Waals surface area contributed by atoms with Gasteiger partial charge in [-0.25, -0.2) is 0 Å². The minimum atomic E-state index is 0.403. The highest BCUT2D eigenvalue weighted by molar-refractivity contribution is 5.87. The van der Waals surface area contributed by atoms with Gasteiger partial charge in [0.25, 0.3) is 0 Å². The lowest BCUT2D eigenvalue weighted by Crippen LogP contribution is -2.36. The Morgan fingerprint density at radius 3 is 2.67 bits per heavy atom. The fourth-order valence-electron chi connectivity index (χ4n) is 3.18. The Kier molecular flexibility index (Phi) is 4.42. The van der Waals surface area contributed by atoms with Gasteiger partial charge >= 0.3 is 0 Å². The summed E-state index contributed by atoms with van der Waals surface area (Å²) in [4.78, 5) is 2.41. The van der Waals surface area contributed by atoms with Crippen molar-refractivity contribution in [1.82, 2.24) is 4.90 Å². The maximum Gasteiger partial charge on any atom is 0.120 e. The van der Waals surface area contributed by atoms with Crippen molar-refractivity contribution in [2.45, 2.75) is 32.4 Å². The third kappa shape index (κ3) is 3.20. The second kappa shape index (κ2) is 6.46. The summed E-state index contributed by atoms with van der Waals surface area (Å²) in [5, 5.41) is 12.6. The molecule has 1 aliphatic rings. The van der Waals surface area contributed by atoms with E-state index < -0.39 is 0 Å². The molecule has 21 heavy (non-hydrogen) atoms. The van der Waals surface area contributed by atoms with Crippen LogP contribution < -0.4 is 0 Å². The number of phenols is 1. The molecular formula is C18H23NO2. The predicted octanol–water partition coefficient (Wildman–Crippen LogP) is 3.55. The van der Waals surface area contributed by atoms with E-state index in [1.54, 1.807) is 0 Å². The largest absolute Gasteiger partial charge is 0.508 e. The number of rotatable bonds is 4. The summed E-state index contributed by atoms with van der Waals surface area (Å²) >= 11 is 0. The van der Waals surface area contributed by atoms with Crippen molar-refractivity contribution in [1.29, 1.82) is 0 Å². The number of phenolic OH excluding ortho intramolecular Hbond substituents is 1. The summed E-state index contributed by atoms with van der Waals surface area (Å²) in [5.74, 6) is 0.403. The van der Waals surface area contributed by atoms with E-state index in [1.165, 1.54) is 5.39 Å². The van der Waals surface area contributed by atoms with Gasteiger partial charge in [0.2, 0.25) is 0 Å². The zero-order valence-corrected chi connectivity index (χ0v) is 12.6. The molecule has 1 heterocycles. The summed E-state index contributed by atoms with van der Waals surface area (Å²) in [6.07, 6.45) is 2.58. The van der Waals surface area contributed by atoms with E-state index in [1.807, 2.05) is 24.3 Å². The van der Waals surface area contributed by atoms with Crippen LogP contribution in [0.1, 0.15) is 25.3 Å². The van der Waals surface area contributed by atoms with Crippen LogP contribution in [0.2, 0.25) is 0 Å². The number of likely N-dealkylation sites (tertiary alicyclic amines) is 1. The highest BCUT2D eigenvalue weighted by Gasteiger charge is 2.20. The molecule has 0 atom stereocenters. The maximum absolute atomic E-state index is 10.2. The second-order valence-corrected chi connectivity index (χ2v) is 5.72. The van der Waals surface area contributed by atoms with E-state index in [-0.39, 0.29) is 0 Å². The Morgan fingerprint density at radius 2 is 1.90 bits per heavy atom. The molecule has 1 aliphatic heterocycles. The lowest BCUT2D eigenvalue weighted by Gasteiger charge is -2.32. The molecule has 0 bridgehead atoms. The number of ether oxygens (including phenoxy) is 1. The van der Waals surface area contributed by atoms with E-state index in [4.69, 9.17) is 4.74 Å². The zero-order chi connectivity index (χ0) is 14.7. The molecule has 0 unspecified atom stereocenters. The topological polar surface area (TPSA) is 32.7 Å². The van der Waals surface area contributed by atoms with Crippen LogP contribution in [-0.4, -0.2) is 35.8 Å². The van der Waals surface area contributed by atoms with Gasteiger partial charge in [-0.1, -0.05) is 30.3 Å². The average molecular weight is 285 g/mol. The summed E-state index contributed by atoms with van der Waals surface area (Å²) in [5.41, 5.74) is 1.04. The van der Waals surface area contributed by atoms with Crippen LogP contribution in [0.5, 0.6) is 5.75 Å². The molecule has 3 heteroatoms. The van der Waals surface area contributed by atoms with Crippen molar-refractivity contribution in [3.63, 3.8) is 0 Å². The molecule has 0 aliphatic carbocycles. The monoisotopic (exact) mass is 285 g/mol. The summed E-state index contributed by atoms with van der Waals surface area (Å²) in [6.45, 7) is 5.74. The smallest absolute Gasteiger partial charge is 0.120 e. The van der Waals surface area contributed by atoms with Gasteiger partial charge in [0.15, 0.2) is 0 Å². The normalized spacial score (nSPS) is 17.4. The molecule has 0 radical (unpaired) electrons. The van der Waals surface area contributed by atoms with Crippen LogP contribution in [0.25, 0.3) is 10.8 Å².